The molecular weight excluding hydrogens is 404 g/mol. The molecule has 2 aromatic heterocycles. The molecule has 0 spiro atoms. The normalized spacial score (nSPS) is 11.5. The fourth-order valence-corrected chi connectivity index (χ4v) is 3.25. The van der Waals surface area contributed by atoms with E-state index in [0.29, 0.717) is 40.4 Å². The number of carbonyl (C=O) groups excluding carboxylic acids is 1. The summed E-state index contributed by atoms with van der Waals surface area (Å²) in [6.07, 6.45) is 1.60. The third-order valence-corrected chi connectivity index (χ3v) is 4.70. The molecule has 1 amide bonds. The molecule has 9 heteroatoms. The molecule has 0 bridgehead atoms. The minimum absolute atomic E-state index is 0.147. The van der Waals surface area contributed by atoms with Crippen molar-refractivity contribution in [1.29, 1.82) is 0 Å². The quantitative estimate of drug-likeness (QED) is 0.366. The van der Waals surface area contributed by atoms with Gasteiger partial charge >= 0.3 is 0 Å². The number of anilines is 1. The molecule has 0 aliphatic carbocycles. The molecule has 4 aromatic rings. The summed E-state index contributed by atoms with van der Waals surface area (Å²) in [5, 5.41) is 7.82. The average Bonchev–Trinajstić information content (AvgIpc) is 3.01. The van der Waals surface area contributed by atoms with Crippen LogP contribution in [-0.4, -0.2) is 47.0 Å². The van der Waals surface area contributed by atoms with Crippen molar-refractivity contribution in [3.05, 3.63) is 64.7 Å². The lowest BCUT2D eigenvalue weighted by Gasteiger charge is -2.04. The van der Waals surface area contributed by atoms with E-state index in [1.807, 2.05) is 36.4 Å². The van der Waals surface area contributed by atoms with E-state index in [9.17, 15) is 4.79 Å². The van der Waals surface area contributed by atoms with Gasteiger partial charge in [-0.15, -0.1) is 0 Å². The summed E-state index contributed by atoms with van der Waals surface area (Å²) in [4.78, 5) is 22.1. The van der Waals surface area contributed by atoms with Gasteiger partial charge in [0.1, 0.15) is 16.9 Å². The molecule has 4 rings (SSSR count). The third kappa shape index (κ3) is 3.83. The van der Waals surface area contributed by atoms with Crippen LogP contribution in [0.1, 0.15) is 15.9 Å². The molecule has 2 heterocycles. The van der Waals surface area contributed by atoms with Gasteiger partial charge in [0.15, 0.2) is 5.65 Å². The number of amides is 1. The zero-order valence-corrected chi connectivity index (χ0v) is 16.9. The summed E-state index contributed by atoms with van der Waals surface area (Å²) in [6, 6.07) is 14.6. The Bertz CT molecular complexity index is 1270. The van der Waals surface area contributed by atoms with Gasteiger partial charge in [-0.1, -0.05) is 35.9 Å². The van der Waals surface area contributed by atoms with E-state index in [1.165, 1.54) is 4.68 Å². The van der Waals surface area contributed by atoms with Gasteiger partial charge in [0.25, 0.3) is 5.91 Å². The average molecular weight is 423 g/mol. The van der Waals surface area contributed by atoms with Crippen LogP contribution in [0.4, 0.5) is 5.82 Å². The van der Waals surface area contributed by atoms with Crippen LogP contribution >= 0.6 is 11.6 Å². The Morgan fingerprint density at radius 2 is 2.00 bits per heavy atom. The predicted molar refractivity (Wildman–Crippen MR) is 118 cm³/mol. The van der Waals surface area contributed by atoms with Crippen molar-refractivity contribution in [3.63, 3.8) is 0 Å². The summed E-state index contributed by atoms with van der Waals surface area (Å²) < 4.78 is 6.41. The molecule has 0 saturated heterocycles. The zero-order chi connectivity index (χ0) is 21.1. The number of ether oxygens (including phenoxy) is 1. The maximum Gasteiger partial charge on any atom is 0.257 e. The second-order valence-corrected chi connectivity index (χ2v) is 6.94. The van der Waals surface area contributed by atoms with Crippen LogP contribution < -0.4 is 11.1 Å². The Morgan fingerprint density at radius 1 is 1.23 bits per heavy atom. The molecule has 8 nitrogen and oxygen atoms in total. The molecular formula is C21H19ClN6O2. The predicted octanol–water partition coefficient (Wildman–Crippen LogP) is 3.08. The summed E-state index contributed by atoms with van der Waals surface area (Å²) in [6.45, 7) is 0.722. The van der Waals surface area contributed by atoms with Gasteiger partial charge in [-0.2, -0.15) is 9.78 Å². The Labute approximate surface area is 177 Å². The number of benzene rings is 2. The van der Waals surface area contributed by atoms with E-state index in [0.717, 1.165) is 5.56 Å². The number of para-hydroxylation sites is 2. The van der Waals surface area contributed by atoms with Gasteiger partial charge in [0.05, 0.1) is 23.9 Å². The maximum atomic E-state index is 12.8. The van der Waals surface area contributed by atoms with Crippen LogP contribution in [-0.2, 0) is 4.74 Å². The number of nitrogen functional groups attached to an aromatic ring is 1. The number of carbonyl (C=O) groups is 1. The fourth-order valence-electron chi connectivity index (χ4n) is 3.05. The molecule has 0 radical (unpaired) electrons. The number of fused-ring (bicyclic) bond motifs is 2. The first-order valence-corrected chi connectivity index (χ1v) is 9.60. The lowest BCUT2D eigenvalue weighted by Crippen LogP contribution is -2.27. The second-order valence-electron chi connectivity index (χ2n) is 6.50. The summed E-state index contributed by atoms with van der Waals surface area (Å²) in [5.74, 6) is -0.218. The third-order valence-electron chi connectivity index (χ3n) is 4.46. The van der Waals surface area contributed by atoms with Crippen LogP contribution in [0, 0.1) is 0 Å². The molecule has 0 fully saturated rings. The van der Waals surface area contributed by atoms with E-state index < -0.39 is 0 Å². The second kappa shape index (κ2) is 8.48. The maximum absolute atomic E-state index is 12.8. The van der Waals surface area contributed by atoms with Gasteiger partial charge < -0.3 is 15.8 Å². The highest BCUT2D eigenvalue weighted by Crippen LogP contribution is 2.27. The molecule has 30 heavy (non-hydrogen) atoms. The van der Waals surface area contributed by atoms with Crippen LogP contribution in [0.25, 0.3) is 22.2 Å². The number of nitrogens with one attached hydrogen (secondary N) is 1. The van der Waals surface area contributed by atoms with Gasteiger partial charge in [-0.25, -0.2) is 9.97 Å². The van der Waals surface area contributed by atoms with Crippen molar-refractivity contribution in [2.75, 3.05) is 26.0 Å². The minimum Gasteiger partial charge on any atom is -0.383 e. The van der Waals surface area contributed by atoms with Gasteiger partial charge in [-0.3, -0.25) is 4.79 Å². The van der Waals surface area contributed by atoms with E-state index in [4.69, 9.17) is 22.1 Å². The lowest BCUT2D eigenvalue weighted by molar-refractivity contribution is 0.0939. The number of hydrogen-bond acceptors (Lipinski definition) is 6. The molecule has 0 aliphatic heterocycles. The topological polar surface area (TPSA) is 107 Å². The molecule has 152 valence electrons. The number of nitrogens with two attached hydrogens (primary N) is 1. The molecule has 0 unspecified atom stereocenters. The highest BCUT2D eigenvalue weighted by molar-refractivity contribution is 6.30. The Hall–Kier alpha value is -3.49. The van der Waals surface area contributed by atoms with Crippen molar-refractivity contribution < 1.29 is 9.53 Å². The SMILES string of the molecule is COCCNC(=O)c1c(N)n(/N=C\c2cccc(Cl)c2)c2nc3ccccc3nc12. The number of rotatable bonds is 6. The van der Waals surface area contributed by atoms with E-state index >= 15 is 0 Å². The monoisotopic (exact) mass is 422 g/mol. The zero-order valence-electron chi connectivity index (χ0n) is 16.2. The smallest absolute Gasteiger partial charge is 0.257 e. The molecule has 0 atom stereocenters. The van der Waals surface area contributed by atoms with Crippen molar-refractivity contribution in [2.45, 2.75) is 0 Å². The molecule has 2 aromatic carbocycles. The van der Waals surface area contributed by atoms with Gasteiger partial charge in [0.2, 0.25) is 0 Å². The van der Waals surface area contributed by atoms with Crippen molar-refractivity contribution in [3.8, 4) is 0 Å². The van der Waals surface area contributed by atoms with Crippen LogP contribution in [0.3, 0.4) is 0 Å². The number of nitrogens with zero attached hydrogens (tertiary/aromatic N) is 4. The van der Waals surface area contributed by atoms with Crippen molar-refractivity contribution in [1.82, 2.24) is 20.0 Å². The van der Waals surface area contributed by atoms with Crippen LogP contribution in [0.15, 0.2) is 53.6 Å². The Kier molecular flexibility index (Phi) is 5.60. The largest absolute Gasteiger partial charge is 0.383 e. The Balaban J connectivity index is 1.86. The highest BCUT2D eigenvalue weighted by atomic mass is 35.5. The van der Waals surface area contributed by atoms with Crippen molar-refractivity contribution in [2.24, 2.45) is 5.10 Å². The van der Waals surface area contributed by atoms with Crippen molar-refractivity contribution >= 4 is 51.7 Å². The van der Waals surface area contributed by atoms with Gasteiger partial charge in [-0.05, 0) is 29.8 Å². The number of hydrogen-bond donors (Lipinski definition) is 2. The first kappa shape index (κ1) is 19.8. The summed E-state index contributed by atoms with van der Waals surface area (Å²) in [5.41, 5.74) is 9.44. The van der Waals surface area contributed by atoms with E-state index in [-0.39, 0.29) is 17.3 Å². The highest BCUT2D eigenvalue weighted by Gasteiger charge is 2.23. The molecule has 0 saturated carbocycles. The summed E-state index contributed by atoms with van der Waals surface area (Å²) in [7, 11) is 1.56. The minimum atomic E-state index is -0.365. The standard InChI is InChI=1S/C21H19ClN6O2/c1-30-10-9-24-21(29)17-18-20(27-16-8-3-2-7-15(16)26-18)28(19(17)23)25-12-13-5-4-6-14(22)11-13/h2-8,11-12H,9-10,23H2,1H3,(H,24,29)/b25-12-. The fraction of sp³-hybridized carbons (Fsp3) is 0.143. The lowest BCUT2D eigenvalue weighted by atomic mass is 10.2. The molecule has 0 aliphatic rings. The number of halogens is 1. The number of methoxy groups -OCH3 is 1. The first-order chi connectivity index (χ1) is 14.6. The summed E-state index contributed by atoms with van der Waals surface area (Å²) >= 11 is 6.05. The number of aromatic nitrogens is 3. The van der Waals surface area contributed by atoms with Crippen LogP contribution in [0.2, 0.25) is 5.02 Å². The van der Waals surface area contributed by atoms with E-state index in [2.05, 4.69) is 20.4 Å². The van der Waals surface area contributed by atoms with E-state index in [1.54, 1.807) is 25.5 Å². The molecule has 3 N–H and O–H groups in total. The van der Waals surface area contributed by atoms with Gasteiger partial charge in [0, 0.05) is 18.7 Å². The first-order valence-electron chi connectivity index (χ1n) is 9.22. The van der Waals surface area contributed by atoms with Crippen LogP contribution in [0.5, 0.6) is 0 Å². The Morgan fingerprint density at radius 3 is 2.73 bits per heavy atom.